The molecule has 6 heteroatoms. The van der Waals surface area contributed by atoms with Crippen molar-refractivity contribution in [3.05, 3.63) is 0 Å². The number of aliphatic carboxylic acids is 1. The van der Waals surface area contributed by atoms with Crippen molar-refractivity contribution in [2.45, 2.75) is 44.6 Å². The summed E-state index contributed by atoms with van der Waals surface area (Å²) in [6.07, 6.45) is 3.63. The monoisotopic (exact) mass is 268 g/mol. The molecule has 6 nitrogen and oxygen atoms in total. The fourth-order valence-electron chi connectivity index (χ4n) is 2.80. The molecule has 2 fully saturated rings. The molecular formula is C13H20N2O4. The van der Waals surface area contributed by atoms with Crippen LogP contribution in [-0.4, -0.2) is 58.4 Å². The number of hydrogen-bond acceptors (Lipinski definition) is 3. The highest BCUT2D eigenvalue weighted by Gasteiger charge is 2.33. The van der Waals surface area contributed by atoms with Gasteiger partial charge in [-0.25, -0.2) is 4.79 Å². The number of nitrogens with zero attached hydrogens (tertiary/aromatic N) is 2. The average molecular weight is 268 g/mol. The predicted molar refractivity (Wildman–Crippen MR) is 67.4 cm³/mol. The number of carbonyl (C=O) groups excluding carboxylic acids is 2. The highest BCUT2D eigenvalue weighted by atomic mass is 16.4. The molecule has 106 valence electrons. The van der Waals surface area contributed by atoms with Crippen molar-refractivity contribution in [1.29, 1.82) is 0 Å². The van der Waals surface area contributed by atoms with Crippen LogP contribution in [0.25, 0.3) is 0 Å². The van der Waals surface area contributed by atoms with Crippen molar-refractivity contribution in [3.63, 3.8) is 0 Å². The lowest BCUT2D eigenvalue weighted by Crippen LogP contribution is -2.40. The first-order valence-electron chi connectivity index (χ1n) is 6.89. The number of carbonyl (C=O) groups is 3. The molecule has 2 amide bonds. The molecule has 0 aromatic carbocycles. The van der Waals surface area contributed by atoms with Crippen LogP contribution in [0.5, 0.6) is 0 Å². The zero-order valence-electron chi connectivity index (χ0n) is 11.0. The zero-order valence-corrected chi connectivity index (χ0v) is 11.0. The summed E-state index contributed by atoms with van der Waals surface area (Å²) in [4.78, 5) is 38.0. The van der Waals surface area contributed by atoms with Gasteiger partial charge in [0.15, 0.2) is 0 Å². The van der Waals surface area contributed by atoms with Crippen LogP contribution in [0.3, 0.4) is 0 Å². The Morgan fingerprint density at radius 2 is 1.58 bits per heavy atom. The molecule has 2 saturated heterocycles. The summed E-state index contributed by atoms with van der Waals surface area (Å²) in [5, 5.41) is 9.01. The quantitative estimate of drug-likeness (QED) is 0.803. The van der Waals surface area contributed by atoms with Crippen molar-refractivity contribution in [3.8, 4) is 0 Å². The minimum atomic E-state index is -0.947. The number of hydrogen-bond donors (Lipinski definition) is 1. The van der Waals surface area contributed by atoms with E-state index in [1.807, 2.05) is 0 Å². The lowest BCUT2D eigenvalue weighted by atomic mass is 10.2. The Balaban J connectivity index is 1.80. The van der Waals surface area contributed by atoms with E-state index < -0.39 is 12.0 Å². The number of rotatable bonds is 4. The molecule has 0 spiro atoms. The Morgan fingerprint density at radius 1 is 0.947 bits per heavy atom. The maximum atomic E-state index is 12.0. The first kappa shape index (κ1) is 13.8. The molecule has 19 heavy (non-hydrogen) atoms. The van der Waals surface area contributed by atoms with E-state index in [0.29, 0.717) is 13.0 Å². The SMILES string of the molecule is O=C(O)[C@@H]1CCCN1C(=O)CCC(=O)N1CCCC1. The van der Waals surface area contributed by atoms with Gasteiger partial charge in [0.2, 0.25) is 11.8 Å². The Bertz CT molecular complexity index is 377. The van der Waals surface area contributed by atoms with Gasteiger partial charge in [0.25, 0.3) is 0 Å². The van der Waals surface area contributed by atoms with Crippen LogP contribution in [0.15, 0.2) is 0 Å². The summed E-state index contributed by atoms with van der Waals surface area (Å²) >= 11 is 0. The van der Waals surface area contributed by atoms with Gasteiger partial charge in [-0.05, 0) is 25.7 Å². The minimum Gasteiger partial charge on any atom is -0.480 e. The molecule has 1 atom stereocenters. The van der Waals surface area contributed by atoms with Gasteiger partial charge >= 0.3 is 5.97 Å². The summed E-state index contributed by atoms with van der Waals surface area (Å²) in [6.45, 7) is 2.07. The highest BCUT2D eigenvalue weighted by Crippen LogP contribution is 2.19. The summed E-state index contributed by atoms with van der Waals surface area (Å²) < 4.78 is 0. The second-order valence-electron chi connectivity index (χ2n) is 5.17. The van der Waals surface area contributed by atoms with Crippen LogP contribution in [0.2, 0.25) is 0 Å². The van der Waals surface area contributed by atoms with E-state index in [1.165, 1.54) is 4.90 Å². The van der Waals surface area contributed by atoms with Crippen molar-refractivity contribution < 1.29 is 19.5 Å². The molecule has 1 N–H and O–H groups in total. The van der Waals surface area contributed by atoms with E-state index in [9.17, 15) is 14.4 Å². The van der Waals surface area contributed by atoms with Crippen molar-refractivity contribution in [1.82, 2.24) is 9.80 Å². The Kier molecular flexibility index (Phi) is 4.39. The molecule has 0 saturated carbocycles. The fourth-order valence-corrected chi connectivity index (χ4v) is 2.80. The predicted octanol–water partition coefficient (Wildman–Crippen LogP) is 0.465. The van der Waals surface area contributed by atoms with Crippen LogP contribution in [0, 0.1) is 0 Å². The van der Waals surface area contributed by atoms with Crippen molar-refractivity contribution >= 4 is 17.8 Å². The van der Waals surface area contributed by atoms with Gasteiger partial charge in [0.1, 0.15) is 6.04 Å². The van der Waals surface area contributed by atoms with Gasteiger partial charge in [-0.1, -0.05) is 0 Å². The number of carboxylic acids is 1. The molecule has 2 rings (SSSR count). The van der Waals surface area contributed by atoms with Gasteiger partial charge in [-0.3, -0.25) is 9.59 Å². The van der Waals surface area contributed by atoms with Crippen LogP contribution < -0.4 is 0 Å². The second-order valence-corrected chi connectivity index (χ2v) is 5.17. The first-order chi connectivity index (χ1) is 9.09. The molecule has 0 unspecified atom stereocenters. The van der Waals surface area contributed by atoms with Crippen LogP contribution in [0.1, 0.15) is 38.5 Å². The standard InChI is InChI=1S/C13H20N2O4/c16-11(14-7-1-2-8-14)5-6-12(17)15-9-3-4-10(15)13(18)19/h10H,1-9H2,(H,18,19)/t10-/m0/s1. The smallest absolute Gasteiger partial charge is 0.326 e. The Morgan fingerprint density at radius 3 is 2.21 bits per heavy atom. The van der Waals surface area contributed by atoms with Gasteiger partial charge in [0.05, 0.1) is 0 Å². The third kappa shape index (κ3) is 3.24. The lowest BCUT2D eigenvalue weighted by molar-refractivity contribution is -0.148. The normalized spacial score (nSPS) is 22.8. The molecule has 0 bridgehead atoms. The number of carboxylic acid groups (broad SMARTS) is 1. The lowest BCUT2D eigenvalue weighted by Gasteiger charge is -2.22. The topological polar surface area (TPSA) is 77.9 Å². The fraction of sp³-hybridized carbons (Fsp3) is 0.769. The first-order valence-corrected chi connectivity index (χ1v) is 6.89. The van der Waals surface area contributed by atoms with Crippen LogP contribution in [-0.2, 0) is 14.4 Å². The molecule has 0 radical (unpaired) electrons. The van der Waals surface area contributed by atoms with E-state index in [2.05, 4.69) is 0 Å². The van der Waals surface area contributed by atoms with Crippen molar-refractivity contribution in [2.75, 3.05) is 19.6 Å². The average Bonchev–Trinajstić information content (AvgIpc) is 3.04. The van der Waals surface area contributed by atoms with Crippen molar-refractivity contribution in [2.24, 2.45) is 0 Å². The zero-order chi connectivity index (χ0) is 13.8. The molecule has 2 aliphatic rings. The molecule has 0 aromatic rings. The molecule has 0 aliphatic carbocycles. The van der Waals surface area contributed by atoms with Gasteiger partial charge in [0, 0.05) is 32.5 Å². The highest BCUT2D eigenvalue weighted by molar-refractivity contribution is 5.87. The third-order valence-electron chi connectivity index (χ3n) is 3.87. The van der Waals surface area contributed by atoms with E-state index >= 15 is 0 Å². The Hall–Kier alpha value is -1.59. The van der Waals surface area contributed by atoms with Crippen LogP contribution >= 0.6 is 0 Å². The van der Waals surface area contributed by atoms with Gasteiger partial charge < -0.3 is 14.9 Å². The maximum Gasteiger partial charge on any atom is 0.326 e. The molecule has 2 heterocycles. The molecule has 0 aromatic heterocycles. The van der Waals surface area contributed by atoms with E-state index in [-0.39, 0.29) is 24.7 Å². The third-order valence-corrected chi connectivity index (χ3v) is 3.87. The summed E-state index contributed by atoms with van der Waals surface area (Å²) in [5.41, 5.74) is 0. The number of likely N-dealkylation sites (tertiary alicyclic amines) is 2. The largest absolute Gasteiger partial charge is 0.480 e. The van der Waals surface area contributed by atoms with E-state index in [4.69, 9.17) is 5.11 Å². The Labute approximate surface area is 112 Å². The maximum absolute atomic E-state index is 12.0. The summed E-state index contributed by atoms with van der Waals surface area (Å²) in [7, 11) is 0. The van der Waals surface area contributed by atoms with Gasteiger partial charge in [-0.15, -0.1) is 0 Å². The minimum absolute atomic E-state index is 0.0110. The van der Waals surface area contributed by atoms with Crippen LogP contribution in [0.4, 0.5) is 0 Å². The number of amides is 2. The second kappa shape index (κ2) is 6.04. The van der Waals surface area contributed by atoms with E-state index in [0.717, 1.165) is 32.4 Å². The molecular weight excluding hydrogens is 248 g/mol. The molecule has 2 aliphatic heterocycles. The van der Waals surface area contributed by atoms with Gasteiger partial charge in [-0.2, -0.15) is 0 Å². The van der Waals surface area contributed by atoms with E-state index in [1.54, 1.807) is 4.90 Å². The summed E-state index contributed by atoms with van der Waals surface area (Å²) in [6, 6.07) is -0.700. The summed E-state index contributed by atoms with van der Waals surface area (Å²) in [5.74, 6) is -1.15.